The third-order valence-corrected chi connectivity index (χ3v) is 2.55. The van der Waals surface area contributed by atoms with Crippen LogP contribution in [-0.4, -0.2) is 4.98 Å². The van der Waals surface area contributed by atoms with Gasteiger partial charge in [-0.2, -0.15) is 22.5 Å². The van der Waals surface area contributed by atoms with Crippen molar-refractivity contribution in [2.75, 3.05) is 5.32 Å². The monoisotopic (exact) mass is 312 g/mol. The maximum atomic E-state index is 13.4. The van der Waals surface area contributed by atoms with Crippen molar-refractivity contribution in [3.8, 4) is 0 Å². The van der Waals surface area contributed by atoms with Crippen molar-refractivity contribution in [2.45, 2.75) is 0 Å². The van der Waals surface area contributed by atoms with Gasteiger partial charge in [0, 0.05) is 6.07 Å². The molecule has 0 atom stereocenters. The first-order valence-corrected chi connectivity index (χ1v) is 5.30. The number of aromatic nitrogens is 1. The maximum Gasteiger partial charge on any atom is 0.253 e. The molecule has 0 amide bonds. The molecule has 0 spiro atoms. The second-order valence-corrected chi connectivity index (χ2v) is 3.97. The lowest BCUT2D eigenvalue weighted by atomic mass is 10.2. The van der Waals surface area contributed by atoms with Crippen LogP contribution in [0.2, 0.25) is 5.02 Å². The van der Waals surface area contributed by atoms with E-state index in [1.54, 1.807) is 5.32 Å². The van der Waals surface area contributed by atoms with E-state index in [4.69, 9.17) is 11.6 Å². The Bertz CT molecular complexity index is 642. The maximum absolute atomic E-state index is 13.4. The Morgan fingerprint density at radius 1 is 0.850 bits per heavy atom. The Morgan fingerprint density at radius 3 is 1.90 bits per heavy atom. The number of benzene rings is 1. The van der Waals surface area contributed by atoms with Gasteiger partial charge in [0.25, 0.3) is 11.9 Å². The summed E-state index contributed by atoms with van der Waals surface area (Å²) in [5.74, 6) is -9.93. The van der Waals surface area contributed by atoms with Gasteiger partial charge in [-0.05, 0) is 6.07 Å². The largest absolute Gasteiger partial charge is 0.347 e. The Kier molecular flexibility index (Phi) is 3.76. The van der Waals surface area contributed by atoms with Crippen LogP contribution in [0.5, 0.6) is 0 Å². The number of hydrogen-bond acceptors (Lipinski definition) is 2. The van der Waals surface area contributed by atoms with E-state index in [9.17, 15) is 26.3 Å². The van der Waals surface area contributed by atoms with Crippen LogP contribution in [0.25, 0.3) is 0 Å². The summed E-state index contributed by atoms with van der Waals surface area (Å²) in [4.78, 5) is 2.32. The first kappa shape index (κ1) is 14.4. The second-order valence-electron chi connectivity index (χ2n) is 3.57. The van der Waals surface area contributed by atoms with Crippen LogP contribution >= 0.6 is 11.6 Å². The summed E-state index contributed by atoms with van der Waals surface area (Å²) in [5, 5.41) is 1.17. The molecule has 1 aromatic heterocycles. The molecule has 106 valence electrons. The molecule has 0 radical (unpaired) electrons. The minimum Gasteiger partial charge on any atom is -0.347 e. The Hall–Kier alpha value is -1.96. The number of rotatable bonds is 2. The summed E-state index contributed by atoms with van der Waals surface area (Å²) in [5.41, 5.74) is -2.07. The fourth-order valence-electron chi connectivity index (χ4n) is 1.38. The highest BCUT2D eigenvalue weighted by Crippen LogP contribution is 2.32. The number of pyridine rings is 1. The van der Waals surface area contributed by atoms with E-state index in [0.717, 1.165) is 0 Å². The van der Waals surface area contributed by atoms with Crippen LogP contribution in [0.15, 0.2) is 12.1 Å². The predicted molar refractivity (Wildman–Crippen MR) is 58.7 cm³/mol. The molecule has 9 heteroatoms. The zero-order valence-corrected chi connectivity index (χ0v) is 10.0. The molecule has 0 bridgehead atoms. The minimum absolute atomic E-state index is 0.373. The quantitative estimate of drug-likeness (QED) is 0.660. The molecule has 20 heavy (non-hydrogen) atoms. The van der Waals surface area contributed by atoms with Crippen LogP contribution in [-0.2, 0) is 0 Å². The fraction of sp³-hybridized carbons (Fsp3) is 0. The summed E-state index contributed by atoms with van der Waals surface area (Å²) in [7, 11) is 0. The van der Waals surface area contributed by atoms with E-state index in [1.807, 2.05) is 0 Å². The number of halogens is 7. The van der Waals surface area contributed by atoms with E-state index in [1.165, 1.54) is 0 Å². The van der Waals surface area contributed by atoms with E-state index < -0.39 is 51.6 Å². The molecule has 0 fully saturated rings. The van der Waals surface area contributed by atoms with Crippen LogP contribution in [0.1, 0.15) is 0 Å². The van der Waals surface area contributed by atoms with Gasteiger partial charge >= 0.3 is 0 Å². The van der Waals surface area contributed by atoms with Crippen LogP contribution in [0.4, 0.5) is 37.7 Å². The first-order chi connectivity index (χ1) is 9.31. The van der Waals surface area contributed by atoms with Crippen molar-refractivity contribution in [1.29, 1.82) is 0 Å². The van der Waals surface area contributed by atoms with Crippen molar-refractivity contribution in [2.24, 2.45) is 0 Å². The summed E-state index contributed by atoms with van der Waals surface area (Å²) < 4.78 is 78.6. The molecule has 0 aliphatic carbocycles. The van der Waals surface area contributed by atoms with Gasteiger partial charge in [0.2, 0.25) is 11.6 Å². The fourth-order valence-corrected chi connectivity index (χ4v) is 1.63. The lowest BCUT2D eigenvalue weighted by Crippen LogP contribution is -2.07. The summed E-state index contributed by atoms with van der Waals surface area (Å²) in [6.45, 7) is 0. The summed E-state index contributed by atoms with van der Waals surface area (Å²) in [6.07, 6.45) is 0. The molecule has 2 aromatic rings. The van der Waals surface area contributed by atoms with E-state index in [2.05, 4.69) is 4.98 Å². The van der Waals surface area contributed by atoms with Crippen molar-refractivity contribution >= 4 is 23.0 Å². The van der Waals surface area contributed by atoms with Crippen molar-refractivity contribution in [3.63, 3.8) is 0 Å². The minimum atomic E-state index is -1.93. The average Bonchev–Trinajstić information content (AvgIpc) is 2.34. The highest BCUT2D eigenvalue weighted by molar-refractivity contribution is 6.33. The molecule has 1 N–H and O–H groups in total. The summed E-state index contributed by atoms with van der Waals surface area (Å²) >= 11 is 5.48. The van der Waals surface area contributed by atoms with Gasteiger partial charge in [-0.1, -0.05) is 11.6 Å². The van der Waals surface area contributed by atoms with Gasteiger partial charge in [0.1, 0.15) is 11.5 Å². The molecule has 0 unspecified atom stereocenters. The molecule has 0 saturated carbocycles. The molecular weight excluding hydrogens is 310 g/mol. The first-order valence-electron chi connectivity index (χ1n) is 4.92. The molecule has 0 aliphatic rings. The zero-order chi connectivity index (χ0) is 15.0. The number of nitrogens with one attached hydrogen (secondary N) is 1. The number of hydrogen-bond donors (Lipinski definition) is 1. The van der Waals surface area contributed by atoms with Gasteiger partial charge in [-0.15, -0.1) is 0 Å². The lowest BCUT2D eigenvalue weighted by molar-refractivity contribution is 0.411. The normalized spacial score (nSPS) is 10.8. The molecule has 0 saturated heterocycles. The summed E-state index contributed by atoms with van der Waals surface area (Å²) in [6, 6.07) is 1.02. The van der Waals surface area contributed by atoms with Gasteiger partial charge in [0.15, 0.2) is 5.82 Å². The van der Waals surface area contributed by atoms with E-state index in [0.29, 0.717) is 12.1 Å². The van der Waals surface area contributed by atoms with Gasteiger partial charge in [0.05, 0.1) is 10.7 Å². The molecule has 1 aromatic carbocycles. The lowest BCUT2D eigenvalue weighted by Gasteiger charge is -2.11. The third kappa shape index (κ3) is 2.51. The van der Waals surface area contributed by atoms with Crippen LogP contribution in [0, 0.1) is 35.2 Å². The molecule has 2 nitrogen and oxygen atoms in total. The van der Waals surface area contributed by atoms with Gasteiger partial charge in [-0.25, -0.2) is 8.78 Å². The van der Waals surface area contributed by atoms with Gasteiger partial charge in [-0.3, -0.25) is 0 Å². The van der Waals surface area contributed by atoms with Gasteiger partial charge < -0.3 is 5.32 Å². The molecule has 1 heterocycles. The predicted octanol–water partition coefficient (Wildman–Crippen LogP) is 4.31. The highest BCUT2D eigenvalue weighted by atomic mass is 35.5. The second kappa shape index (κ2) is 5.20. The molecule has 0 aliphatic heterocycles. The molecular formula is C11H3ClF6N2. The van der Waals surface area contributed by atoms with Crippen molar-refractivity contribution in [3.05, 3.63) is 52.3 Å². The zero-order valence-electron chi connectivity index (χ0n) is 9.25. The smallest absolute Gasteiger partial charge is 0.253 e. The third-order valence-electron chi connectivity index (χ3n) is 2.25. The highest BCUT2D eigenvalue weighted by Gasteiger charge is 2.22. The van der Waals surface area contributed by atoms with Crippen LogP contribution < -0.4 is 5.32 Å². The number of nitrogens with zero attached hydrogens (tertiary/aromatic N) is 1. The Morgan fingerprint density at radius 2 is 1.40 bits per heavy atom. The topological polar surface area (TPSA) is 24.9 Å². The molecule has 2 rings (SSSR count). The standard InChI is InChI=1S/C11H3ClF6N2/c12-4-1-3(13)2-5(14)8(4)19-9-6(15)10(17)20-11(18)7(9)16/h1-2H,(H,19,20). The Balaban J connectivity index is 2.56. The van der Waals surface area contributed by atoms with Crippen LogP contribution in [0.3, 0.4) is 0 Å². The van der Waals surface area contributed by atoms with E-state index >= 15 is 0 Å². The van der Waals surface area contributed by atoms with Crippen molar-refractivity contribution < 1.29 is 26.3 Å². The average molecular weight is 313 g/mol. The van der Waals surface area contributed by atoms with E-state index in [-0.39, 0.29) is 0 Å². The Labute approximate surface area is 113 Å². The number of anilines is 2. The van der Waals surface area contributed by atoms with Crippen molar-refractivity contribution in [1.82, 2.24) is 4.98 Å². The SMILES string of the molecule is Fc1cc(F)c(Nc2c(F)c(F)nc(F)c2F)c(Cl)c1.